The molecule has 0 spiro atoms. The molecule has 4 aliphatic rings. The van der Waals surface area contributed by atoms with Gasteiger partial charge < -0.3 is 4.81 Å². The van der Waals surface area contributed by atoms with Gasteiger partial charge in [-0.15, -0.1) is 0 Å². The van der Waals surface area contributed by atoms with Gasteiger partial charge in [0, 0.05) is 28.3 Å². The fourth-order valence-corrected chi connectivity index (χ4v) is 11.1. The van der Waals surface area contributed by atoms with E-state index in [9.17, 15) is 0 Å². The van der Waals surface area contributed by atoms with Crippen molar-refractivity contribution in [3.8, 4) is 22.3 Å². The van der Waals surface area contributed by atoms with Crippen molar-refractivity contribution in [1.29, 1.82) is 0 Å². The maximum atomic E-state index is 2.74. The summed E-state index contributed by atoms with van der Waals surface area (Å²) in [6.45, 7) is 19.6. The number of fused-ring (bicyclic) bond motifs is 7. The highest BCUT2D eigenvalue weighted by Gasteiger charge is 2.51. The maximum Gasteiger partial charge on any atom is 0.329 e. The van der Waals surface area contributed by atoms with Crippen LogP contribution in [0.3, 0.4) is 0 Å². The second-order valence-corrected chi connectivity index (χ2v) is 17.8. The zero-order valence-corrected chi connectivity index (χ0v) is 32.0. The van der Waals surface area contributed by atoms with Crippen molar-refractivity contribution in [2.45, 2.75) is 90.4 Å². The van der Waals surface area contributed by atoms with Gasteiger partial charge >= 0.3 is 6.85 Å². The highest BCUT2D eigenvalue weighted by Crippen LogP contribution is 2.58. The smallest absolute Gasteiger partial charge is 0.329 e. The standard InChI is InChI=1S/C50H48BN/c1-30-28-40-41(49(6,7)26-25-48(40,4)5)29-36(30)44-31(2)27-37-35-20-16-22-39-47(35)52(51-42-23-14-12-19-34(42)32(3)45(44)46(37)51)43-24-15-13-21-38(43)50(39,8)33-17-10-9-11-18-33/h9-24,27-29,32H,25-26H2,1-8H3. The number of para-hydroxylation sites is 2. The second kappa shape index (κ2) is 10.6. The molecule has 0 saturated heterocycles. The average Bonchev–Trinajstić information content (AvgIpc) is 3.15. The van der Waals surface area contributed by atoms with Gasteiger partial charge in [0.1, 0.15) is 0 Å². The number of anilines is 2. The summed E-state index contributed by atoms with van der Waals surface area (Å²) in [6, 6.07) is 44.6. The van der Waals surface area contributed by atoms with Crippen molar-refractivity contribution < 1.29 is 0 Å². The lowest BCUT2D eigenvalue weighted by Crippen LogP contribution is -2.63. The number of aryl methyl sites for hydroxylation is 2. The van der Waals surface area contributed by atoms with Crippen LogP contribution in [-0.4, -0.2) is 6.85 Å². The Hall–Kier alpha value is -4.82. The van der Waals surface area contributed by atoms with Gasteiger partial charge in [-0.2, -0.15) is 0 Å². The van der Waals surface area contributed by atoms with E-state index < -0.39 is 0 Å². The van der Waals surface area contributed by atoms with Gasteiger partial charge in [-0.3, -0.25) is 0 Å². The Labute approximate surface area is 310 Å². The first-order chi connectivity index (χ1) is 24.9. The summed E-state index contributed by atoms with van der Waals surface area (Å²) in [7, 11) is 0. The van der Waals surface area contributed by atoms with E-state index in [2.05, 4.69) is 175 Å². The van der Waals surface area contributed by atoms with Crippen molar-refractivity contribution in [2.75, 3.05) is 4.81 Å². The first-order valence-corrected chi connectivity index (χ1v) is 19.4. The molecule has 3 aliphatic heterocycles. The minimum absolute atomic E-state index is 0.0696. The fourth-order valence-electron chi connectivity index (χ4n) is 11.1. The van der Waals surface area contributed by atoms with Gasteiger partial charge in [0.15, 0.2) is 0 Å². The number of hydrogen-bond donors (Lipinski definition) is 0. The third-order valence-corrected chi connectivity index (χ3v) is 14.0. The topological polar surface area (TPSA) is 3.24 Å². The molecule has 52 heavy (non-hydrogen) atoms. The monoisotopic (exact) mass is 673 g/mol. The molecule has 0 amide bonds. The van der Waals surface area contributed by atoms with E-state index in [1.54, 1.807) is 5.56 Å². The van der Waals surface area contributed by atoms with Gasteiger partial charge in [0.2, 0.25) is 0 Å². The normalized spacial score (nSPS) is 21.0. The molecule has 256 valence electrons. The summed E-state index contributed by atoms with van der Waals surface area (Å²) in [6.07, 6.45) is 2.44. The van der Waals surface area contributed by atoms with Crippen LogP contribution in [0.2, 0.25) is 0 Å². The van der Waals surface area contributed by atoms with Crippen LogP contribution in [0.1, 0.15) is 110 Å². The Bertz CT molecular complexity index is 2490. The molecule has 0 aromatic heterocycles. The van der Waals surface area contributed by atoms with Crippen molar-refractivity contribution in [2.24, 2.45) is 0 Å². The molecular formula is C50H48BN. The summed E-state index contributed by atoms with van der Waals surface area (Å²) in [4.78, 5) is 2.74. The Morgan fingerprint density at radius 3 is 2.02 bits per heavy atom. The third-order valence-electron chi connectivity index (χ3n) is 14.0. The van der Waals surface area contributed by atoms with E-state index in [0.717, 1.165) is 0 Å². The SMILES string of the molecule is Cc1cc2c(cc1-c1c(C)cc3c4c1C(C)c1ccccc1B4N1c4ccccc4C(C)(c4ccccc4)c4cccc-3c41)C(C)(C)CCC2(C)C. The fraction of sp³-hybridized carbons (Fsp3) is 0.280. The first kappa shape index (κ1) is 31.9. The summed E-state index contributed by atoms with van der Waals surface area (Å²) in [5, 5.41) is 0. The molecule has 0 bridgehead atoms. The van der Waals surface area contributed by atoms with Gasteiger partial charge in [-0.05, 0) is 128 Å². The lowest BCUT2D eigenvalue weighted by molar-refractivity contribution is 0.332. The molecule has 2 heteroatoms. The molecule has 1 aliphatic carbocycles. The molecule has 2 unspecified atom stereocenters. The summed E-state index contributed by atoms with van der Waals surface area (Å²) in [5.41, 5.74) is 24.2. The molecule has 10 rings (SSSR count). The van der Waals surface area contributed by atoms with E-state index in [1.165, 1.54) is 102 Å². The molecular weight excluding hydrogens is 625 g/mol. The summed E-state index contributed by atoms with van der Waals surface area (Å²) >= 11 is 0. The quantitative estimate of drug-likeness (QED) is 0.165. The van der Waals surface area contributed by atoms with Gasteiger partial charge in [-0.25, -0.2) is 0 Å². The van der Waals surface area contributed by atoms with Crippen molar-refractivity contribution in [3.63, 3.8) is 0 Å². The first-order valence-electron chi connectivity index (χ1n) is 19.4. The van der Waals surface area contributed by atoms with Crippen LogP contribution < -0.4 is 15.7 Å². The van der Waals surface area contributed by atoms with Crippen molar-refractivity contribution in [1.82, 2.24) is 0 Å². The molecule has 3 heterocycles. The van der Waals surface area contributed by atoms with Crippen LogP contribution in [-0.2, 0) is 16.2 Å². The van der Waals surface area contributed by atoms with Crippen LogP contribution >= 0.6 is 0 Å². The van der Waals surface area contributed by atoms with Gasteiger partial charge in [0.05, 0.1) is 0 Å². The summed E-state index contributed by atoms with van der Waals surface area (Å²) in [5.74, 6) is 0.260. The van der Waals surface area contributed by atoms with E-state index in [0.29, 0.717) is 0 Å². The average molecular weight is 674 g/mol. The van der Waals surface area contributed by atoms with Crippen LogP contribution in [0, 0.1) is 13.8 Å². The Balaban J connectivity index is 1.33. The lowest BCUT2D eigenvalue weighted by atomic mass is 9.39. The zero-order valence-electron chi connectivity index (χ0n) is 32.0. The van der Waals surface area contributed by atoms with E-state index in [4.69, 9.17) is 0 Å². The predicted octanol–water partition coefficient (Wildman–Crippen LogP) is 11.4. The lowest BCUT2D eigenvalue weighted by Gasteiger charge is -2.52. The number of rotatable bonds is 2. The zero-order chi connectivity index (χ0) is 35.9. The molecule has 6 aromatic rings. The van der Waals surface area contributed by atoms with E-state index in [-0.39, 0.29) is 29.0 Å². The minimum Gasteiger partial charge on any atom is -0.376 e. The maximum absolute atomic E-state index is 2.74. The predicted molar refractivity (Wildman–Crippen MR) is 222 cm³/mol. The third kappa shape index (κ3) is 4.02. The molecule has 0 N–H and O–H groups in total. The molecule has 6 aromatic carbocycles. The van der Waals surface area contributed by atoms with Crippen molar-refractivity contribution >= 4 is 29.1 Å². The Morgan fingerprint density at radius 1 is 0.596 bits per heavy atom. The number of nitrogens with zero attached hydrogens (tertiary/aromatic N) is 1. The van der Waals surface area contributed by atoms with Crippen LogP contribution in [0.4, 0.5) is 11.4 Å². The minimum atomic E-state index is -0.294. The van der Waals surface area contributed by atoms with Gasteiger partial charge in [-0.1, -0.05) is 144 Å². The second-order valence-electron chi connectivity index (χ2n) is 17.8. The molecule has 0 radical (unpaired) electrons. The van der Waals surface area contributed by atoms with E-state index >= 15 is 0 Å². The Morgan fingerprint density at radius 2 is 1.25 bits per heavy atom. The van der Waals surface area contributed by atoms with E-state index in [1.807, 2.05) is 0 Å². The Kier molecular flexibility index (Phi) is 6.52. The highest BCUT2D eigenvalue weighted by molar-refractivity contribution is 6.92. The molecule has 1 nitrogen and oxygen atoms in total. The highest BCUT2D eigenvalue weighted by atomic mass is 15.1. The molecule has 0 fully saturated rings. The molecule has 0 saturated carbocycles. The van der Waals surface area contributed by atoms with Crippen LogP contribution in [0.15, 0.2) is 115 Å². The largest absolute Gasteiger partial charge is 0.376 e. The number of benzene rings is 6. The van der Waals surface area contributed by atoms with Crippen LogP contribution in [0.5, 0.6) is 0 Å². The van der Waals surface area contributed by atoms with Gasteiger partial charge in [0.25, 0.3) is 0 Å². The molecule has 2 atom stereocenters. The summed E-state index contributed by atoms with van der Waals surface area (Å²) < 4.78 is 0. The van der Waals surface area contributed by atoms with Crippen molar-refractivity contribution in [3.05, 3.63) is 165 Å². The van der Waals surface area contributed by atoms with Crippen LogP contribution in [0.25, 0.3) is 22.3 Å². The number of hydrogen-bond acceptors (Lipinski definition) is 1.